The molecule has 4 heterocycles. The van der Waals surface area contributed by atoms with Crippen LogP contribution in [0.4, 0.5) is 24.7 Å². The first kappa shape index (κ1) is 28.0. The van der Waals surface area contributed by atoms with E-state index >= 15 is 8.78 Å². The molecule has 0 spiro atoms. The van der Waals surface area contributed by atoms with Gasteiger partial charge in [0.2, 0.25) is 0 Å². The Kier molecular flexibility index (Phi) is 6.63. The molecule has 226 valence electrons. The lowest BCUT2D eigenvalue weighted by molar-refractivity contribution is -0.129. The van der Waals surface area contributed by atoms with Gasteiger partial charge in [-0.25, -0.2) is 37.5 Å². The zero-order valence-electron chi connectivity index (χ0n) is 23.9. The summed E-state index contributed by atoms with van der Waals surface area (Å²) in [6, 6.07) is 4.79. The smallest absolute Gasteiger partial charge is 0.355 e. The van der Waals surface area contributed by atoms with Gasteiger partial charge in [-0.15, -0.1) is 0 Å². The number of rotatable bonds is 6. The fraction of sp³-hybridized carbons (Fsp3) is 0.355. The minimum absolute atomic E-state index is 0.0110. The van der Waals surface area contributed by atoms with E-state index < -0.39 is 35.1 Å². The van der Waals surface area contributed by atoms with Crippen LogP contribution in [-0.4, -0.2) is 61.0 Å². The van der Waals surface area contributed by atoms with Crippen molar-refractivity contribution in [2.75, 3.05) is 30.3 Å². The molecule has 4 aromatic rings. The first-order valence-corrected chi connectivity index (χ1v) is 14.6. The molecule has 10 nitrogen and oxygen atoms in total. The van der Waals surface area contributed by atoms with Gasteiger partial charge < -0.3 is 15.5 Å². The summed E-state index contributed by atoms with van der Waals surface area (Å²) >= 11 is 0. The van der Waals surface area contributed by atoms with Crippen molar-refractivity contribution in [1.29, 1.82) is 0 Å². The van der Waals surface area contributed by atoms with E-state index in [4.69, 9.17) is 5.73 Å². The quantitative estimate of drug-likeness (QED) is 0.255. The van der Waals surface area contributed by atoms with Gasteiger partial charge in [-0.1, -0.05) is 12.6 Å². The van der Waals surface area contributed by atoms with Gasteiger partial charge in [0, 0.05) is 43.2 Å². The summed E-state index contributed by atoms with van der Waals surface area (Å²) in [5.41, 5.74) is 6.78. The molecule has 13 heteroatoms. The number of anilines is 2. The summed E-state index contributed by atoms with van der Waals surface area (Å²) in [5, 5.41) is 0.203. The molecule has 1 saturated heterocycles. The number of nitrogens with two attached hydrogens (primary N) is 1. The molecule has 1 amide bonds. The first-order valence-electron chi connectivity index (χ1n) is 14.6. The van der Waals surface area contributed by atoms with Crippen molar-refractivity contribution in [2.45, 2.75) is 50.5 Å². The monoisotopic (exact) mass is 602 g/mol. The average Bonchev–Trinajstić information content (AvgIpc) is 3.91. The number of aromatic nitrogens is 5. The number of carbonyl (C=O) groups is 1. The van der Waals surface area contributed by atoms with Crippen LogP contribution in [0.25, 0.3) is 28.0 Å². The van der Waals surface area contributed by atoms with Gasteiger partial charge in [-0.05, 0) is 50.8 Å². The summed E-state index contributed by atoms with van der Waals surface area (Å²) in [7, 11) is 0. The van der Waals surface area contributed by atoms with Gasteiger partial charge in [0.05, 0.1) is 28.0 Å². The Morgan fingerprint density at radius 3 is 2.30 bits per heavy atom. The van der Waals surface area contributed by atoms with Crippen LogP contribution in [0.5, 0.6) is 0 Å². The number of nitrogens with zero attached hydrogens (tertiary/aromatic N) is 7. The van der Waals surface area contributed by atoms with Crippen molar-refractivity contribution in [2.24, 2.45) is 0 Å². The molecule has 0 radical (unpaired) electrons. The largest absolute Gasteiger partial charge is 0.398 e. The fourth-order valence-corrected chi connectivity index (χ4v) is 6.07. The van der Waals surface area contributed by atoms with E-state index in [2.05, 4.69) is 26.5 Å². The van der Waals surface area contributed by atoms with Crippen LogP contribution in [0.1, 0.15) is 55.8 Å². The Morgan fingerprint density at radius 2 is 1.70 bits per heavy atom. The number of carbonyl (C=O) groups excluding carboxylic acids is 1. The lowest BCUT2D eigenvalue weighted by Crippen LogP contribution is -2.54. The molecule has 2 saturated carbocycles. The number of fused-ring (bicyclic) bond motifs is 1. The number of hydrogen-bond donors (Lipinski definition) is 1. The van der Waals surface area contributed by atoms with Crippen LogP contribution < -0.4 is 16.3 Å². The number of benzene rings is 1. The maximum atomic E-state index is 16.0. The number of hydrogen-bond acceptors (Lipinski definition) is 8. The summed E-state index contributed by atoms with van der Waals surface area (Å²) in [5.74, 6) is -3.08. The van der Waals surface area contributed by atoms with Crippen molar-refractivity contribution >= 4 is 28.4 Å². The number of piperazine rings is 1. The molecule has 2 aliphatic carbocycles. The molecule has 0 bridgehead atoms. The second-order valence-electron chi connectivity index (χ2n) is 11.7. The van der Waals surface area contributed by atoms with E-state index in [1.807, 2.05) is 0 Å². The van der Waals surface area contributed by atoms with Crippen LogP contribution in [0, 0.1) is 11.6 Å². The maximum Gasteiger partial charge on any atom is 0.355 e. The van der Waals surface area contributed by atoms with E-state index in [9.17, 15) is 14.0 Å². The van der Waals surface area contributed by atoms with E-state index in [0.717, 1.165) is 31.7 Å². The Balaban J connectivity index is 1.48. The molecular formula is C31H29F3N8O2. The van der Waals surface area contributed by atoms with Crippen molar-refractivity contribution in [1.82, 2.24) is 29.4 Å². The Labute approximate surface area is 250 Å². The molecule has 3 fully saturated rings. The average molecular weight is 603 g/mol. The molecule has 44 heavy (non-hydrogen) atoms. The van der Waals surface area contributed by atoms with Crippen molar-refractivity contribution in [3.63, 3.8) is 0 Å². The van der Waals surface area contributed by atoms with Gasteiger partial charge in [0.1, 0.15) is 23.7 Å². The fourth-order valence-electron chi connectivity index (χ4n) is 6.07. The Morgan fingerprint density at radius 1 is 1.02 bits per heavy atom. The Bertz CT molecular complexity index is 1870. The standard InChI is InChI=1S/C31H29F3N8O2/c1-15-13-40(30(43)16(2)32)10-11-41(15)28-19-12-21(34)26(23-20(33)4-3-5-22(23)35)38-29(19)42(31(44)39-28)27-24(17-6-7-17)36-14-37-25(27)18-8-9-18/h3-5,12,14-15,17-18H,2,6-11,13,35H2,1H3/t15-/m0/s1. The van der Waals surface area contributed by atoms with E-state index in [-0.39, 0.29) is 65.3 Å². The summed E-state index contributed by atoms with van der Waals surface area (Å²) in [4.78, 5) is 47.7. The third-order valence-electron chi connectivity index (χ3n) is 8.53. The van der Waals surface area contributed by atoms with Crippen LogP contribution >= 0.6 is 0 Å². The third-order valence-corrected chi connectivity index (χ3v) is 8.53. The zero-order chi connectivity index (χ0) is 30.9. The van der Waals surface area contributed by atoms with Crippen LogP contribution in [0.15, 0.2) is 47.8 Å². The number of nitrogen functional groups attached to an aromatic ring is 1. The molecule has 3 aliphatic rings. The number of amides is 1. The molecule has 2 N–H and O–H groups in total. The minimum Gasteiger partial charge on any atom is -0.398 e. The van der Waals surface area contributed by atoms with Gasteiger partial charge in [0.15, 0.2) is 17.3 Å². The van der Waals surface area contributed by atoms with E-state index in [1.54, 1.807) is 11.8 Å². The topological polar surface area (TPSA) is 123 Å². The van der Waals surface area contributed by atoms with Crippen molar-refractivity contribution in [3.05, 3.63) is 76.5 Å². The molecular weight excluding hydrogens is 573 g/mol. The summed E-state index contributed by atoms with van der Waals surface area (Å²) in [6.07, 6.45) is 5.11. The number of halogens is 3. The molecule has 1 atom stereocenters. The van der Waals surface area contributed by atoms with Gasteiger partial charge in [-0.3, -0.25) is 4.79 Å². The molecule has 0 unspecified atom stereocenters. The second kappa shape index (κ2) is 10.4. The van der Waals surface area contributed by atoms with Crippen LogP contribution in [0.3, 0.4) is 0 Å². The zero-order valence-corrected chi connectivity index (χ0v) is 23.9. The van der Waals surface area contributed by atoms with Crippen LogP contribution in [-0.2, 0) is 4.79 Å². The highest BCUT2D eigenvalue weighted by Gasteiger charge is 2.37. The highest BCUT2D eigenvalue weighted by molar-refractivity contribution is 5.93. The van der Waals surface area contributed by atoms with E-state index in [1.165, 1.54) is 34.0 Å². The van der Waals surface area contributed by atoms with Gasteiger partial charge in [0.25, 0.3) is 5.91 Å². The van der Waals surface area contributed by atoms with Crippen LogP contribution in [0.2, 0.25) is 0 Å². The third kappa shape index (κ3) is 4.66. The summed E-state index contributed by atoms with van der Waals surface area (Å²) in [6.45, 7) is 5.33. The predicted molar refractivity (Wildman–Crippen MR) is 158 cm³/mol. The van der Waals surface area contributed by atoms with Crippen molar-refractivity contribution in [3.8, 4) is 16.9 Å². The molecule has 7 rings (SSSR count). The maximum absolute atomic E-state index is 16.0. The molecule has 3 aromatic heterocycles. The van der Waals surface area contributed by atoms with E-state index in [0.29, 0.717) is 17.1 Å². The molecule has 1 aliphatic heterocycles. The lowest BCUT2D eigenvalue weighted by Gasteiger charge is -2.40. The normalized spacial score (nSPS) is 18.6. The van der Waals surface area contributed by atoms with Gasteiger partial charge in [-0.2, -0.15) is 4.98 Å². The Hall–Kier alpha value is -4.81. The number of pyridine rings is 1. The predicted octanol–water partition coefficient (Wildman–Crippen LogP) is 4.37. The molecule has 1 aromatic carbocycles. The lowest BCUT2D eigenvalue weighted by atomic mass is 10.1. The SMILES string of the molecule is C=C(F)C(=O)N1CCN(c2nc(=O)n(-c3c(C4CC4)ncnc3C3CC3)c3nc(-c4c(N)cccc4F)c(F)cc23)[C@@H](C)C1. The second-order valence-corrected chi connectivity index (χ2v) is 11.7. The van der Waals surface area contributed by atoms with Gasteiger partial charge >= 0.3 is 5.69 Å². The minimum atomic E-state index is -1.06. The summed E-state index contributed by atoms with van der Waals surface area (Å²) < 4.78 is 46.0. The first-order chi connectivity index (χ1) is 21.1. The van der Waals surface area contributed by atoms with Crippen molar-refractivity contribution < 1.29 is 18.0 Å². The highest BCUT2D eigenvalue weighted by Crippen LogP contribution is 2.47. The highest BCUT2D eigenvalue weighted by atomic mass is 19.1.